The molecule has 1 aromatic carbocycles. The van der Waals surface area contributed by atoms with Gasteiger partial charge in [0.25, 0.3) is 0 Å². The number of ether oxygens (including phenoxy) is 1. The first-order valence-electron chi connectivity index (χ1n) is 7.02. The van der Waals surface area contributed by atoms with Crippen molar-refractivity contribution in [2.45, 2.75) is 38.8 Å². The van der Waals surface area contributed by atoms with Gasteiger partial charge in [0.05, 0.1) is 11.1 Å². The molecule has 1 aliphatic heterocycles. The summed E-state index contributed by atoms with van der Waals surface area (Å²) in [5.74, 6) is 0.733. The van der Waals surface area contributed by atoms with Crippen LogP contribution in [0.4, 0.5) is 0 Å². The monoisotopic (exact) mass is 283 g/mol. The van der Waals surface area contributed by atoms with Crippen LogP contribution in [0.3, 0.4) is 0 Å². The second-order valence-corrected chi connectivity index (χ2v) is 5.42. The maximum absolute atomic E-state index is 10.3. The summed E-state index contributed by atoms with van der Waals surface area (Å²) in [6.45, 7) is 6.58. The molecule has 19 heavy (non-hydrogen) atoms. The number of halogens is 1. The van der Waals surface area contributed by atoms with Crippen LogP contribution in [0.1, 0.15) is 38.3 Å². The summed E-state index contributed by atoms with van der Waals surface area (Å²) in [4.78, 5) is 2.34. The zero-order chi connectivity index (χ0) is 13.8. The maximum Gasteiger partial charge on any atom is 0.142 e. The van der Waals surface area contributed by atoms with Gasteiger partial charge in [-0.1, -0.05) is 37.6 Å². The SMILES string of the molecule is CCCN(CCC)C1c2cccc(Cl)c2OCC1O. The van der Waals surface area contributed by atoms with Crippen molar-refractivity contribution in [2.75, 3.05) is 19.7 Å². The standard InChI is InChI=1S/C15H22ClNO2/c1-3-8-17(9-4-2)14-11-6-5-7-12(16)15(11)19-10-13(14)18/h5-7,13-14,18H,3-4,8-10H2,1-2H3. The lowest BCUT2D eigenvalue weighted by molar-refractivity contribution is -0.000148. The number of aliphatic hydroxyl groups excluding tert-OH is 1. The van der Waals surface area contributed by atoms with E-state index in [4.69, 9.17) is 16.3 Å². The van der Waals surface area contributed by atoms with Crippen molar-refractivity contribution >= 4 is 11.6 Å². The average molecular weight is 284 g/mol. The van der Waals surface area contributed by atoms with Gasteiger partial charge in [-0.3, -0.25) is 4.90 Å². The molecule has 1 aliphatic rings. The molecule has 0 aromatic heterocycles. The van der Waals surface area contributed by atoms with Crippen LogP contribution >= 0.6 is 11.6 Å². The van der Waals surface area contributed by atoms with E-state index in [1.54, 1.807) is 0 Å². The van der Waals surface area contributed by atoms with E-state index in [-0.39, 0.29) is 6.04 Å². The van der Waals surface area contributed by atoms with Gasteiger partial charge in [0.2, 0.25) is 0 Å². The summed E-state index contributed by atoms with van der Waals surface area (Å²) in [6.07, 6.45) is 1.64. The van der Waals surface area contributed by atoms with Crippen LogP contribution in [0.15, 0.2) is 18.2 Å². The van der Waals surface area contributed by atoms with E-state index in [2.05, 4.69) is 18.7 Å². The lowest BCUT2D eigenvalue weighted by atomic mass is 9.96. The minimum absolute atomic E-state index is 0.0117. The number of benzene rings is 1. The van der Waals surface area contributed by atoms with Crippen molar-refractivity contribution < 1.29 is 9.84 Å². The Morgan fingerprint density at radius 3 is 2.63 bits per heavy atom. The smallest absolute Gasteiger partial charge is 0.142 e. The van der Waals surface area contributed by atoms with Crippen molar-refractivity contribution in [1.82, 2.24) is 4.90 Å². The van der Waals surface area contributed by atoms with Gasteiger partial charge in [-0.05, 0) is 32.0 Å². The van der Waals surface area contributed by atoms with E-state index in [0.29, 0.717) is 11.6 Å². The summed E-state index contributed by atoms with van der Waals surface area (Å²) in [6, 6.07) is 5.75. The molecule has 2 rings (SSSR count). The molecular weight excluding hydrogens is 262 g/mol. The second kappa shape index (κ2) is 6.60. The van der Waals surface area contributed by atoms with Crippen LogP contribution in [0.2, 0.25) is 5.02 Å². The molecule has 0 amide bonds. The van der Waals surface area contributed by atoms with Gasteiger partial charge in [-0.25, -0.2) is 0 Å². The molecule has 0 saturated heterocycles. The summed E-state index contributed by atoms with van der Waals surface area (Å²) >= 11 is 6.19. The predicted octanol–water partition coefficient (Wildman–Crippen LogP) is 3.26. The molecule has 3 nitrogen and oxygen atoms in total. The Morgan fingerprint density at radius 1 is 1.32 bits per heavy atom. The molecule has 1 N–H and O–H groups in total. The number of rotatable bonds is 5. The zero-order valence-corrected chi connectivity index (χ0v) is 12.4. The molecule has 0 spiro atoms. The number of hydrogen-bond acceptors (Lipinski definition) is 3. The minimum Gasteiger partial charge on any atom is -0.489 e. The van der Waals surface area contributed by atoms with Crippen molar-refractivity contribution in [3.8, 4) is 5.75 Å². The van der Waals surface area contributed by atoms with E-state index in [1.807, 2.05) is 18.2 Å². The molecule has 1 heterocycles. The van der Waals surface area contributed by atoms with Crippen molar-refractivity contribution in [3.63, 3.8) is 0 Å². The van der Waals surface area contributed by atoms with E-state index in [0.717, 1.165) is 37.2 Å². The molecule has 0 saturated carbocycles. The quantitative estimate of drug-likeness (QED) is 0.900. The van der Waals surface area contributed by atoms with Crippen LogP contribution in [0.25, 0.3) is 0 Å². The van der Waals surface area contributed by atoms with Gasteiger partial charge in [-0.2, -0.15) is 0 Å². The minimum atomic E-state index is -0.496. The first kappa shape index (κ1) is 14.6. The van der Waals surface area contributed by atoms with Gasteiger partial charge >= 0.3 is 0 Å². The molecule has 0 bridgehead atoms. The fraction of sp³-hybridized carbons (Fsp3) is 0.600. The Bertz CT molecular complexity index is 419. The normalized spacial score (nSPS) is 22.2. The Balaban J connectivity index is 2.35. The molecule has 106 valence electrons. The van der Waals surface area contributed by atoms with Gasteiger partial charge in [0.15, 0.2) is 0 Å². The van der Waals surface area contributed by atoms with Crippen molar-refractivity contribution in [3.05, 3.63) is 28.8 Å². The van der Waals surface area contributed by atoms with Crippen molar-refractivity contribution in [1.29, 1.82) is 0 Å². The lowest BCUT2D eigenvalue weighted by Crippen LogP contribution is -2.43. The van der Waals surface area contributed by atoms with Crippen LogP contribution in [0, 0.1) is 0 Å². The fourth-order valence-electron chi connectivity index (χ4n) is 2.78. The van der Waals surface area contributed by atoms with Gasteiger partial charge in [0, 0.05) is 5.56 Å². The van der Waals surface area contributed by atoms with Crippen LogP contribution in [-0.2, 0) is 0 Å². The zero-order valence-electron chi connectivity index (χ0n) is 11.6. The summed E-state index contributed by atoms with van der Waals surface area (Å²) in [7, 11) is 0. The first-order valence-corrected chi connectivity index (χ1v) is 7.40. The highest BCUT2D eigenvalue weighted by atomic mass is 35.5. The summed E-state index contributed by atoms with van der Waals surface area (Å²) in [5, 5.41) is 10.9. The Hall–Kier alpha value is -0.770. The highest BCUT2D eigenvalue weighted by molar-refractivity contribution is 6.32. The summed E-state index contributed by atoms with van der Waals surface area (Å²) in [5.41, 5.74) is 1.01. The summed E-state index contributed by atoms with van der Waals surface area (Å²) < 4.78 is 5.59. The van der Waals surface area contributed by atoms with E-state index in [1.165, 1.54) is 0 Å². The molecule has 2 unspecified atom stereocenters. The highest BCUT2D eigenvalue weighted by Crippen LogP contribution is 2.40. The van der Waals surface area contributed by atoms with E-state index >= 15 is 0 Å². The van der Waals surface area contributed by atoms with E-state index < -0.39 is 6.10 Å². The van der Waals surface area contributed by atoms with Gasteiger partial charge < -0.3 is 9.84 Å². The third kappa shape index (κ3) is 3.04. The Labute approximate surface area is 120 Å². The highest BCUT2D eigenvalue weighted by Gasteiger charge is 2.34. The first-order chi connectivity index (χ1) is 9.19. The maximum atomic E-state index is 10.3. The average Bonchev–Trinajstić information content (AvgIpc) is 2.39. The third-order valence-corrected chi connectivity index (χ3v) is 3.79. The molecule has 0 fully saturated rings. The van der Waals surface area contributed by atoms with Gasteiger partial charge in [-0.15, -0.1) is 0 Å². The molecule has 0 radical (unpaired) electrons. The van der Waals surface area contributed by atoms with Crippen LogP contribution in [-0.4, -0.2) is 35.8 Å². The number of hydrogen-bond donors (Lipinski definition) is 1. The van der Waals surface area contributed by atoms with Crippen molar-refractivity contribution in [2.24, 2.45) is 0 Å². The molecule has 1 aromatic rings. The third-order valence-electron chi connectivity index (χ3n) is 3.49. The van der Waals surface area contributed by atoms with E-state index in [9.17, 15) is 5.11 Å². The lowest BCUT2D eigenvalue weighted by Gasteiger charge is -2.38. The topological polar surface area (TPSA) is 32.7 Å². The Kier molecular flexibility index (Phi) is 5.08. The van der Waals surface area contributed by atoms with Gasteiger partial charge in [0.1, 0.15) is 18.5 Å². The Morgan fingerprint density at radius 2 is 2.00 bits per heavy atom. The van der Waals surface area contributed by atoms with Crippen LogP contribution in [0.5, 0.6) is 5.75 Å². The molecular formula is C15H22ClNO2. The van der Waals surface area contributed by atoms with Crippen LogP contribution < -0.4 is 4.74 Å². The fourth-order valence-corrected chi connectivity index (χ4v) is 3.02. The second-order valence-electron chi connectivity index (χ2n) is 5.02. The molecule has 4 heteroatoms. The number of nitrogens with zero attached hydrogens (tertiary/aromatic N) is 1. The predicted molar refractivity (Wildman–Crippen MR) is 77.8 cm³/mol. The number of fused-ring (bicyclic) bond motifs is 1. The number of aliphatic hydroxyl groups is 1. The largest absolute Gasteiger partial charge is 0.489 e. The number of para-hydroxylation sites is 1. The molecule has 2 atom stereocenters. The molecule has 0 aliphatic carbocycles.